The number of benzene rings is 2. The average Bonchev–Trinajstić information content (AvgIpc) is 2.49. The molecule has 21 heavy (non-hydrogen) atoms. The summed E-state index contributed by atoms with van der Waals surface area (Å²) in [5, 5.41) is 3.03. The Morgan fingerprint density at radius 2 is 1.90 bits per heavy atom. The molecule has 0 aliphatic carbocycles. The Balaban J connectivity index is 2.15. The van der Waals surface area contributed by atoms with E-state index >= 15 is 0 Å². The molecular weight excluding hydrogens is 276 g/mol. The van der Waals surface area contributed by atoms with Crippen LogP contribution in [0.4, 0.5) is 14.5 Å². The fraction of sp³-hybridized carbons (Fsp3) is 0.250. The van der Waals surface area contributed by atoms with Gasteiger partial charge in [-0.2, -0.15) is 0 Å². The van der Waals surface area contributed by atoms with Gasteiger partial charge >= 0.3 is 0 Å². The van der Waals surface area contributed by atoms with E-state index in [4.69, 9.17) is 9.47 Å². The maximum atomic E-state index is 13.2. The van der Waals surface area contributed by atoms with Crippen molar-refractivity contribution in [2.24, 2.45) is 0 Å². The number of halogens is 2. The number of hydrogen-bond acceptors (Lipinski definition) is 3. The van der Waals surface area contributed by atoms with Crippen molar-refractivity contribution in [3.8, 4) is 11.5 Å². The van der Waals surface area contributed by atoms with Crippen molar-refractivity contribution >= 4 is 5.69 Å². The van der Waals surface area contributed by atoms with Gasteiger partial charge in [0.15, 0.2) is 23.1 Å². The lowest BCUT2D eigenvalue weighted by Gasteiger charge is -2.14. The standard InChI is InChI=1S/C16H17F2NO2/c1-3-21-15-6-4-5-11(16(15)20-2)10-19-12-7-8-13(17)14(18)9-12/h4-9,19H,3,10H2,1-2H3. The first-order valence-corrected chi connectivity index (χ1v) is 6.63. The molecule has 3 nitrogen and oxygen atoms in total. The van der Waals surface area contributed by atoms with E-state index in [9.17, 15) is 8.78 Å². The first-order valence-electron chi connectivity index (χ1n) is 6.63. The first kappa shape index (κ1) is 15.1. The highest BCUT2D eigenvalue weighted by atomic mass is 19.2. The normalized spacial score (nSPS) is 10.3. The molecule has 0 heterocycles. The molecule has 112 valence electrons. The predicted octanol–water partition coefficient (Wildman–Crippen LogP) is 3.98. The number of rotatable bonds is 6. The summed E-state index contributed by atoms with van der Waals surface area (Å²) in [7, 11) is 1.57. The molecule has 2 aromatic carbocycles. The number of ether oxygens (including phenoxy) is 2. The summed E-state index contributed by atoms with van der Waals surface area (Å²) in [6.07, 6.45) is 0. The van der Waals surface area contributed by atoms with E-state index < -0.39 is 11.6 Å². The third-order valence-corrected chi connectivity index (χ3v) is 2.97. The molecule has 0 atom stereocenters. The number of anilines is 1. The Morgan fingerprint density at radius 3 is 2.57 bits per heavy atom. The van der Waals surface area contributed by atoms with Crippen LogP contribution in [0.25, 0.3) is 0 Å². The fourth-order valence-electron chi connectivity index (χ4n) is 2.00. The highest BCUT2D eigenvalue weighted by Crippen LogP contribution is 2.31. The molecule has 0 bridgehead atoms. The second-order valence-electron chi connectivity index (χ2n) is 4.36. The molecule has 2 aromatic rings. The molecule has 2 rings (SSSR count). The van der Waals surface area contributed by atoms with E-state index in [-0.39, 0.29) is 0 Å². The third kappa shape index (κ3) is 3.62. The molecule has 0 unspecified atom stereocenters. The van der Waals surface area contributed by atoms with Crippen molar-refractivity contribution in [3.63, 3.8) is 0 Å². The second-order valence-corrected chi connectivity index (χ2v) is 4.36. The van der Waals surface area contributed by atoms with Crippen LogP contribution in [-0.2, 0) is 6.54 Å². The van der Waals surface area contributed by atoms with Crippen LogP contribution in [0.5, 0.6) is 11.5 Å². The molecule has 0 spiro atoms. The largest absolute Gasteiger partial charge is 0.493 e. The van der Waals surface area contributed by atoms with Crippen molar-refractivity contribution < 1.29 is 18.3 Å². The van der Waals surface area contributed by atoms with E-state index in [1.165, 1.54) is 6.07 Å². The van der Waals surface area contributed by atoms with Gasteiger partial charge in [-0.05, 0) is 25.1 Å². The molecule has 0 aromatic heterocycles. The number of hydrogen-bond donors (Lipinski definition) is 1. The Morgan fingerprint density at radius 1 is 1.10 bits per heavy atom. The summed E-state index contributed by atoms with van der Waals surface area (Å²) >= 11 is 0. The summed E-state index contributed by atoms with van der Waals surface area (Å²) < 4.78 is 36.9. The van der Waals surface area contributed by atoms with Gasteiger partial charge in [0, 0.05) is 23.9 Å². The summed E-state index contributed by atoms with van der Waals surface area (Å²) in [4.78, 5) is 0. The SMILES string of the molecule is CCOc1cccc(CNc2ccc(F)c(F)c2)c1OC. The van der Waals surface area contributed by atoms with Gasteiger partial charge in [-0.25, -0.2) is 8.78 Å². The molecular formula is C16H17F2NO2. The molecule has 0 fully saturated rings. The van der Waals surface area contributed by atoms with E-state index in [2.05, 4.69) is 5.32 Å². The zero-order chi connectivity index (χ0) is 15.2. The quantitative estimate of drug-likeness (QED) is 0.873. The smallest absolute Gasteiger partial charge is 0.165 e. The molecule has 1 N–H and O–H groups in total. The van der Waals surface area contributed by atoms with Crippen molar-refractivity contribution in [1.82, 2.24) is 0 Å². The summed E-state index contributed by atoms with van der Waals surface area (Å²) in [6, 6.07) is 9.25. The molecule has 0 saturated heterocycles. The van der Waals surface area contributed by atoms with Gasteiger partial charge < -0.3 is 14.8 Å². The van der Waals surface area contributed by atoms with Crippen LogP contribution in [0, 0.1) is 11.6 Å². The number of nitrogens with one attached hydrogen (secondary N) is 1. The van der Waals surface area contributed by atoms with Crippen molar-refractivity contribution in [1.29, 1.82) is 0 Å². The van der Waals surface area contributed by atoms with Gasteiger partial charge in [0.1, 0.15) is 0 Å². The van der Waals surface area contributed by atoms with Gasteiger partial charge in [0.25, 0.3) is 0 Å². The average molecular weight is 293 g/mol. The van der Waals surface area contributed by atoms with E-state index in [0.717, 1.165) is 17.7 Å². The van der Waals surface area contributed by atoms with Crippen LogP contribution in [0.1, 0.15) is 12.5 Å². The van der Waals surface area contributed by atoms with Gasteiger partial charge in [-0.1, -0.05) is 12.1 Å². The van der Waals surface area contributed by atoms with E-state index in [1.807, 2.05) is 25.1 Å². The minimum atomic E-state index is -0.880. The topological polar surface area (TPSA) is 30.5 Å². The number of para-hydroxylation sites is 1. The zero-order valence-corrected chi connectivity index (χ0v) is 12.0. The van der Waals surface area contributed by atoms with Gasteiger partial charge in [-0.3, -0.25) is 0 Å². The van der Waals surface area contributed by atoms with Gasteiger partial charge in [-0.15, -0.1) is 0 Å². The van der Waals surface area contributed by atoms with Crippen LogP contribution in [-0.4, -0.2) is 13.7 Å². The minimum absolute atomic E-state index is 0.412. The minimum Gasteiger partial charge on any atom is -0.493 e. The maximum Gasteiger partial charge on any atom is 0.165 e. The van der Waals surface area contributed by atoms with Crippen LogP contribution in [0.3, 0.4) is 0 Å². The highest BCUT2D eigenvalue weighted by Gasteiger charge is 2.10. The van der Waals surface area contributed by atoms with Crippen LogP contribution in [0.15, 0.2) is 36.4 Å². The van der Waals surface area contributed by atoms with Gasteiger partial charge in [0.05, 0.1) is 13.7 Å². The molecule has 0 aliphatic heterocycles. The van der Waals surface area contributed by atoms with Crippen molar-refractivity contribution in [3.05, 3.63) is 53.6 Å². The lowest BCUT2D eigenvalue weighted by atomic mass is 10.1. The molecule has 0 saturated carbocycles. The van der Waals surface area contributed by atoms with Crippen LogP contribution < -0.4 is 14.8 Å². The van der Waals surface area contributed by atoms with E-state index in [0.29, 0.717) is 30.3 Å². The second kappa shape index (κ2) is 6.92. The third-order valence-electron chi connectivity index (χ3n) is 2.97. The lowest BCUT2D eigenvalue weighted by molar-refractivity contribution is 0.309. The monoisotopic (exact) mass is 293 g/mol. The zero-order valence-electron chi connectivity index (χ0n) is 12.0. The molecule has 0 radical (unpaired) electrons. The summed E-state index contributed by atoms with van der Waals surface area (Å²) in [6.45, 7) is 2.84. The molecule has 0 aliphatic rings. The molecule has 5 heteroatoms. The fourth-order valence-corrected chi connectivity index (χ4v) is 2.00. The highest BCUT2D eigenvalue weighted by molar-refractivity contribution is 5.50. The Bertz CT molecular complexity index is 617. The Hall–Kier alpha value is -2.30. The van der Waals surface area contributed by atoms with E-state index in [1.54, 1.807) is 7.11 Å². The van der Waals surface area contributed by atoms with Crippen molar-refractivity contribution in [2.75, 3.05) is 19.0 Å². The Kier molecular flexibility index (Phi) is 4.98. The Labute approximate surface area is 122 Å². The van der Waals surface area contributed by atoms with Crippen LogP contribution in [0.2, 0.25) is 0 Å². The lowest BCUT2D eigenvalue weighted by Crippen LogP contribution is -2.04. The summed E-state index contributed by atoms with van der Waals surface area (Å²) in [5.41, 5.74) is 1.37. The van der Waals surface area contributed by atoms with Crippen LogP contribution >= 0.6 is 0 Å². The number of methoxy groups -OCH3 is 1. The first-order chi connectivity index (χ1) is 10.2. The maximum absolute atomic E-state index is 13.2. The summed E-state index contributed by atoms with van der Waals surface area (Å²) in [5.74, 6) is -0.453. The van der Waals surface area contributed by atoms with Gasteiger partial charge in [0.2, 0.25) is 0 Å². The predicted molar refractivity (Wildman–Crippen MR) is 77.8 cm³/mol. The van der Waals surface area contributed by atoms with Crippen molar-refractivity contribution in [2.45, 2.75) is 13.5 Å². The molecule has 0 amide bonds.